The monoisotopic (exact) mass is 513 g/mol. The van der Waals surface area contributed by atoms with Crippen LogP contribution in [-0.2, 0) is 6.42 Å². The fourth-order valence-electron chi connectivity index (χ4n) is 3.56. The summed E-state index contributed by atoms with van der Waals surface area (Å²) in [4.78, 5) is 11.6. The smallest absolute Gasteiger partial charge is 0.339 e. The normalized spacial score (nSPS) is 11.2. The van der Waals surface area contributed by atoms with Crippen molar-refractivity contribution in [1.29, 1.82) is 0 Å². The largest absolute Gasteiger partial charge is 0.507 e. The van der Waals surface area contributed by atoms with Crippen molar-refractivity contribution in [3.63, 3.8) is 0 Å². The first-order chi connectivity index (χ1) is 16.4. The maximum absolute atomic E-state index is 11.6. The van der Waals surface area contributed by atoms with Crippen molar-refractivity contribution < 1.29 is 15.0 Å². The molecule has 6 nitrogen and oxygen atoms in total. The molecular weight excluding hydrogens is 493 g/mol. The van der Waals surface area contributed by atoms with Crippen LogP contribution in [0.1, 0.15) is 45.9 Å². The molecule has 0 aliphatic carbocycles. The maximum Gasteiger partial charge on any atom is 0.339 e. The average Bonchev–Trinajstić information content (AvgIpc) is 3.21. The summed E-state index contributed by atoms with van der Waals surface area (Å²) in [7, 11) is 0. The van der Waals surface area contributed by atoms with Gasteiger partial charge in [0.2, 0.25) is 0 Å². The van der Waals surface area contributed by atoms with Gasteiger partial charge in [0.15, 0.2) is 5.16 Å². The number of carbonyl (C=O) groups is 1. The Hall–Kier alpha value is -3.00. The molecule has 0 atom stereocenters. The molecule has 2 N–H and O–H groups in total. The molecule has 0 saturated carbocycles. The zero-order valence-electron chi connectivity index (χ0n) is 18.2. The summed E-state index contributed by atoms with van der Waals surface area (Å²) in [5.41, 5.74) is 2.41. The number of aromatic carboxylic acids is 1. The van der Waals surface area contributed by atoms with Crippen LogP contribution in [0.4, 0.5) is 0 Å². The number of hydrogen-bond acceptors (Lipinski definition) is 5. The van der Waals surface area contributed by atoms with E-state index in [-0.39, 0.29) is 16.6 Å². The van der Waals surface area contributed by atoms with Gasteiger partial charge < -0.3 is 10.2 Å². The number of halogens is 2. The molecule has 0 aliphatic rings. The highest BCUT2D eigenvalue weighted by Gasteiger charge is 2.23. The minimum atomic E-state index is -1.21. The van der Waals surface area contributed by atoms with Crippen LogP contribution in [0.2, 0.25) is 10.0 Å². The number of aromatic nitrogens is 3. The van der Waals surface area contributed by atoms with Crippen LogP contribution < -0.4 is 0 Å². The fraction of sp³-hybridized carbons (Fsp3) is 0.160. The molecule has 0 bridgehead atoms. The van der Waals surface area contributed by atoms with Crippen LogP contribution in [0.15, 0.2) is 71.9 Å². The number of carboxylic acids is 1. The molecule has 0 fully saturated rings. The van der Waals surface area contributed by atoms with Gasteiger partial charge in [0.05, 0.1) is 10.9 Å². The molecule has 1 heterocycles. The van der Waals surface area contributed by atoms with E-state index in [9.17, 15) is 15.0 Å². The summed E-state index contributed by atoms with van der Waals surface area (Å²) >= 11 is 13.7. The predicted molar refractivity (Wildman–Crippen MR) is 135 cm³/mol. The Morgan fingerprint density at radius 3 is 2.09 bits per heavy atom. The Kier molecular flexibility index (Phi) is 7.46. The first-order valence-electron chi connectivity index (χ1n) is 10.6. The highest BCUT2D eigenvalue weighted by Crippen LogP contribution is 2.41. The van der Waals surface area contributed by atoms with Gasteiger partial charge >= 0.3 is 5.97 Å². The molecule has 0 amide bonds. The highest BCUT2D eigenvalue weighted by molar-refractivity contribution is 7.99. The van der Waals surface area contributed by atoms with Gasteiger partial charge in [0, 0.05) is 16.5 Å². The number of phenols is 1. The highest BCUT2D eigenvalue weighted by atomic mass is 35.5. The quantitative estimate of drug-likeness (QED) is 0.251. The van der Waals surface area contributed by atoms with Crippen molar-refractivity contribution >= 4 is 40.9 Å². The van der Waals surface area contributed by atoms with Gasteiger partial charge in [0.25, 0.3) is 0 Å². The second-order valence-corrected chi connectivity index (χ2v) is 9.54. The summed E-state index contributed by atoms with van der Waals surface area (Å²) in [6.07, 6.45) is 1.49. The van der Waals surface area contributed by atoms with Crippen molar-refractivity contribution in [2.24, 2.45) is 0 Å². The molecule has 1 aromatic heterocycles. The van der Waals surface area contributed by atoms with Gasteiger partial charge in [-0.1, -0.05) is 66.2 Å². The van der Waals surface area contributed by atoms with Crippen molar-refractivity contribution in [2.45, 2.75) is 30.2 Å². The molecule has 4 aromatic rings. The van der Waals surface area contributed by atoms with Gasteiger partial charge in [-0.3, -0.25) is 4.57 Å². The number of thioether (sulfide) groups is 1. The Labute approximate surface area is 211 Å². The third-order valence-electron chi connectivity index (χ3n) is 5.21. The molecule has 0 spiro atoms. The number of nitrogens with zero attached hydrogens (tertiary/aromatic N) is 3. The van der Waals surface area contributed by atoms with E-state index in [1.54, 1.807) is 6.07 Å². The maximum atomic E-state index is 11.6. The second-order valence-electron chi connectivity index (χ2n) is 7.59. The third kappa shape index (κ3) is 5.22. The summed E-state index contributed by atoms with van der Waals surface area (Å²) < 4.78 is 1.85. The van der Waals surface area contributed by atoms with E-state index >= 15 is 0 Å². The van der Waals surface area contributed by atoms with Gasteiger partial charge in [0.1, 0.15) is 17.1 Å². The number of benzene rings is 3. The van der Waals surface area contributed by atoms with Crippen LogP contribution in [0, 0.1) is 0 Å². The summed E-state index contributed by atoms with van der Waals surface area (Å²) in [6, 6.07) is 19.7. The van der Waals surface area contributed by atoms with E-state index < -0.39 is 5.97 Å². The molecular formula is C25H21Cl2N3O3S. The minimum Gasteiger partial charge on any atom is -0.507 e. The summed E-state index contributed by atoms with van der Waals surface area (Å²) in [6.45, 7) is 2.04. The Morgan fingerprint density at radius 2 is 1.56 bits per heavy atom. The number of aromatic hydroxyl groups is 1. The van der Waals surface area contributed by atoms with Crippen molar-refractivity contribution in [2.75, 3.05) is 0 Å². The van der Waals surface area contributed by atoms with Gasteiger partial charge in [-0.25, -0.2) is 4.79 Å². The van der Waals surface area contributed by atoms with Crippen LogP contribution in [0.5, 0.6) is 5.75 Å². The van der Waals surface area contributed by atoms with Crippen molar-refractivity contribution in [3.05, 3.63) is 99.3 Å². The lowest BCUT2D eigenvalue weighted by Gasteiger charge is -2.19. The third-order valence-corrected chi connectivity index (χ3v) is 6.97. The van der Waals surface area contributed by atoms with Crippen LogP contribution in [-0.4, -0.2) is 30.9 Å². The van der Waals surface area contributed by atoms with Gasteiger partial charge in [-0.2, -0.15) is 0 Å². The lowest BCUT2D eigenvalue weighted by Crippen LogP contribution is -2.06. The fourth-order valence-corrected chi connectivity index (χ4v) is 5.02. The van der Waals surface area contributed by atoms with Crippen LogP contribution >= 0.6 is 35.0 Å². The van der Waals surface area contributed by atoms with Crippen molar-refractivity contribution in [3.8, 4) is 11.4 Å². The Morgan fingerprint density at radius 1 is 0.971 bits per heavy atom. The first kappa shape index (κ1) is 24.1. The van der Waals surface area contributed by atoms with E-state index in [0.29, 0.717) is 33.1 Å². The standard InChI is InChI=1S/C25H21Cl2N3O3S/c1-2-3-22-28-29-25(30(22)19-12-13-21(31)20(14-19)24(32)33)34-23(15-4-8-17(26)9-5-15)16-6-10-18(27)11-7-16/h4-14,23,31H,2-3H2,1H3,(H,32,33). The zero-order chi connectivity index (χ0) is 24.2. The number of aryl methyl sites for hydroxylation is 1. The SMILES string of the molecule is CCCc1nnc(SC(c2ccc(Cl)cc2)c2ccc(Cl)cc2)n1-c1ccc(O)c(C(=O)O)c1. The molecule has 34 heavy (non-hydrogen) atoms. The molecule has 0 radical (unpaired) electrons. The second kappa shape index (κ2) is 10.5. The minimum absolute atomic E-state index is 0.150. The summed E-state index contributed by atoms with van der Waals surface area (Å²) in [5, 5.41) is 30.0. The molecule has 3 aromatic carbocycles. The Balaban J connectivity index is 1.82. The topological polar surface area (TPSA) is 88.2 Å². The van der Waals surface area contributed by atoms with Crippen LogP contribution in [0.25, 0.3) is 5.69 Å². The number of carboxylic acid groups (broad SMARTS) is 1. The molecule has 4 rings (SSSR count). The van der Waals surface area contributed by atoms with Gasteiger partial charge in [-0.05, 0) is 60.0 Å². The predicted octanol–water partition coefficient (Wildman–Crippen LogP) is 6.81. The van der Waals surface area contributed by atoms with E-state index in [2.05, 4.69) is 10.2 Å². The van der Waals surface area contributed by atoms with E-state index in [1.807, 2.05) is 60.0 Å². The van der Waals surface area contributed by atoms with E-state index in [0.717, 1.165) is 17.5 Å². The number of hydrogen-bond donors (Lipinski definition) is 2. The average molecular weight is 514 g/mol. The first-order valence-corrected chi connectivity index (χ1v) is 12.2. The van der Waals surface area contributed by atoms with Gasteiger partial charge in [-0.15, -0.1) is 10.2 Å². The van der Waals surface area contributed by atoms with E-state index in [4.69, 9.17) is 23.2 Å². The molecule has 9 heteroatoms. The molecule has 174 valence electrons. The lowest BCUT2D eigenvalue weighted by molar-refractivity contribution is 0.0693. The Bertz CT molecular complexity index is 1260. The van der Waals surface area contributed by atoms with Crippen LogP contribution in [0.3, 0.4) is 0 Å². The summed E-state index contributed by atoms with van der Waals surface area (Å²) in [5.74, 6) is -0.798. The lowest BCUT2D eigenvalue weighted by atomic mass is 10.0. The molecule has 0 saturated heterocycles. The zero-order valence-corrected chi connectivity index (χ0v) is 20.5. The molecule has 0 unspecified atom stereocenters. The number of rotatable bonds is 8. The molecule has 0 aliphatic heterocycles. The van der Waals surface area contributed by atoms with Crippen molar-refractivity contribution in [1.82, 2.24) is 14.8 Å². The van der Waals surface area contributed by atoms with E-state index in [1.165, 1.54) is 23.9 Å².